The quantitative estimate of drug-likeness (QED) is 0.576. The minimum absolute atomic E-state index is 0.0729. The van der Waals surface area contributed by atoms with Gasteiger partial charge >= 0.3 is 5.97 Å². The van der Waals surface area contributed by atoms with Crippen molar-refractivity contribution in [1.82, 2.24) is 10.0 Å². The fourth-order valence-electron chi connectivity index (χ4n) is 2.88. The number of aliphatic imine (C=N–C) groups is 1. The molecule has 0 radical (unpaired) electrons. The van der Waals surface area contributed by atoms with E-state index in [1.54, 1.807) is 23.7 Å². The molecule has 0 amide bonds. The lowest BCUT2D eigenvalue weighted by molar-refractivity contribution is -0.0165. The van der Waals surface area contributed by atoms with E-state index in [2.05, 4.69) is 15.0 Å². The molecule has 1 atom stereocenters. The molecule has 0 aromatic heterocycles. The number of carboxylic acid groups (broad SMARTS) is 1. The lowest BCUT2D eigenvalue weighted by Gasteiger charge is -2.20. The van der Waals surface area contributed by atoms with Gasteiger partial charge in [-0.3, -0.25) is 4.99 Å². The van der Waals surface area contributed by atoms with Gasteiger partial charge in [0.2, 0.25) is 10.0 Å². The molecule has 1 unspecified atom stereocenters. The van der Waals surface area contributed by atoms with E-state index in [4.69, 9.17) is 9.47 Å². The topological polar surface area (TPSA) is 126 Å². The van der Waals surface area contributed by atoms with Crippen LogP contribution in [-0.2, 0) is 21.4 Å². The summed E-state index contributed by atoms with van der Waals surface area (Å²) in [6.07, 6.45) is 3.16. The van der Waals surface area contributed by atoms with Crippen molar-refractivity contribution in [2.75, 3.05) is 6.79 Å². The highest BCUT2D eigenvalue weighted by Crippen LogP contribution is 2.29. The Balaban J connectivity index is 1.55. The second kappa shape index (κ2) is 8.48. The van der Waals surface area contributed by atoms with Crippen molar-refractivity contribution in [2.24, 2.45) is 4.99 Å². The average molecular weight is 447 g/mol. The van der Waals surface area contributed by atoms with Gasteiger partial charge < -0.3 is 19.9 Å². The number of rotatable bonds is 6. The molecule has 0 spiro atoms. The number of hydrogen-bond acceptors (Lipinski definition) is 8. The van der Waals surface area contributed by atoms with Crippen LogP contribution in [0.3, 0.4) is 0 Å². The van der Waals surface area contributed by atoms with Crippen LogP contribution in [0.5, 0.6) is 5.75 Å². The lowest BCUT2D eigenvalue weighted by atomic mass is 10.0. The van der Waals surface area contributed by atoms with E-state index in [1.807, 2.05) is 0 Å². The van der Waals surface area contributed by atoms with Crippen molar-refractivity contribution in [2.45, 2.75) is 17.0 Å². The number of benzene rings is 2. The zero-order valence-electron chi connectivity index (χ0n) is 15.4. The first-order chi connectivity index (χ1) is 14.4. The first-order valence-electron chi connectivity index (χ1n) is 8.76. The summed E-state index contributed by atoms with van der Waals surface area (Å²) in [6, 6.07) is 9.02. The number of nitrogens with zero attached hydrogens (tertiary/aromatic N) is 1. The maximum absolute atomic E-state index is 12.4. The summed E-state index contributed by atoms with van der Waals surface area (Å²) in [5.74, 6) is -0.543. The third kappa shape index (κ3) is 4.49. The molecule has 4 rings (SSSR count). The van der Waals surface area contributed by atoms with Crippen molar-refractivity contribution < 1.29 is 27.8 Å². The van der Waals surface area contributed by atoms with Crippen molar-refractivity contribution in [1.29, 1.82) is 0 Å². The van der Waals surface area contributed by atoms with Crippen LogP contribution < -0.4 is 14.8 Å². The number of aromatic carboxylic acids is 1. The monoisotopic (exact) mass is 447 g/mol. The Morgan fingerprint density at radius 1 is 1.30 bits per heavy atom. The summed E-state index contributed by atoms with van der Waals surface area (Å²) in [4.78, 5) is 15.8. The molecule has 0 fully saturated rings. The molecule has 30 heavy (non-hydrogen) atoms. The number of nitrogens with one attached hydrogen (secondary N) is 2. The van der Waals surface area contributed by atoms with Crippen LogP contribution >= 0.6 is 11.8 Å². The highest BCUT2D eigenvalue weighted by Gasteiger charge is 2.21. The fraction of sp³-hybridized carbons (Fsp3) is 0.158. The third-order valence-corrected chi connectivity index (χ3v) is 6.69. The molecule has 2 aromatic carbocycles. The molecule has 0 saturated carbocycles. The molecule has 9 nitrogen and oxygen atoms in total. The van der Waals surface area contributed by atoms with E-state index in [0.717, 1.165) is 0 Å². The molecule has 3 N–H and O–H groups in total. The summed E-state index contributed by atoms with van der Waals surface area (Å²) in [6.45, 7) is 0.323. The van der Waals surface area contributed by atoms with E-state index in [9.17, 15) is 18.3 Å². The van der Waals surface area contributed by atoms with Gasteiger partial charge in [0.25, 0.3) is 0 Å². The van der Waals surface area contributed by atoms with Gasteiger partial charge in [-0.15, -0.1) is 0 Å². The maximum atomic E-state index is 12.4. The molecule has 0 bridgehead atoms. The number of hydrogen-bond donors (Lipinski definition) is 3. The molecule has 2 aromatic rings. The van der Waals surface area contributed by atoms with E-state index >= 15 is 0 Å². The second-order valence-electron chi connectivity index (χ2n) is 6.33. The van der Waals surface area contributed by atoms with Crippen molar-refractivity contribution in [3.05, 3.63) is 64.7 Å². The number of fused-ring (bicyclic) bond motifs is 1. The summed E-state index contributed by atoms with van der Waals surface area (Å²) in [7, 11) is -3.68. The molecule has 156 valence electrons. The van der Waals surface area contributed by atoms with E-state index in [1.165, 1.54) is 42.2 Å². The summed E-state index contributed by atoms with van der Waals surface area (Å²) in [5, 5.41) is 13.9. The van der Waals surface area contributed by atoms with Crippen LogP contribution in [0.25, 0.3) is 0 Å². The molecule has 11 heteroatoms. The van der Waals surface area contributed by atoms with Crippen LogP contribution in [0.15, 0.2) is 57.9 Å². The van der Waals surface area contributed by atoms with Crippen LogP contribution in [0.4, 0.5) is 5.69 Å². The fourth-order valence-corrected chi connectivity index (χ4v) is 4.93. The van der Waals surface area contributed by atoms with E-state index in [-0.39, 0.29) is 23.9 Å². The average Bonchev–Trinajstić information content (AvgIpc) is 3.24. The molecule has 0 aliphatic carbocycles. The highest BCUT2D eigenvalue weighted by molar-refractivity contribution is 8.03. The molecule has 0 saturated heterocycles. The normalized spacial score (nSPS) is 18.1. The van der Waals surface area contributed by atoms with Gasteiger partial charge in [-0.1, -0.05) is 11.8 Å². The Hall–Kier alpha value is -2.86. The Morgan fingerprint density at radius 3 is 2.80 bits per heavy atom. The Morgan fingerprint density at radius 2 is 2.10 bits per heavy atom. The minimum Gasteiger partial charge on any atom is -0.478 e. The zero-order chi connectivity index (χ0) is 21.1. The van der Waals surface area contributed by atoms with Crippen molar-refractivity contribution >= 4 is 39.7 Å². The number of sulfonamides is 1. The largest absolute Gasteiger partial charge is 0.478 e. The van der Waals surface area contributed by atoms with Gasteiger partial charge in [-0.2, -0.15) is 4.72 Å². The van der Waals surface area contributed by atoms with Crippen LogP contribution in [0, 0.1) is 0 Å². The third-order valence-electron chi connectivity index (χ3n) is 4.28. The van der Waals surface area contributed by atoms with Gasteiger partial charge in [-0.05, 0) is 41.8 Å². The number of carboxylic acids is 1. The van der Waals surface area contributed by atoms with Gasteiger partial charge in [-0.25, -0.2) is 13.2 Å². The van der Waals surface area contributed by atoms with Crippen LogP contribution in [0.2, 0.25) is 0 Å². The molecule has 2 aliphatic heterocycles. The predicted molar refractivity (Wildman–Crippen MR) is 111 cm³/mol. The second-order valence-corrected chi connectivity index (χ2v) is 9.06. The Bertz CT molecular complexity index is 1120. The Labute approximate surface area is 176 Å². The molecular weight excluding hydrogens is 430 g/mol. The summed E-state index contributed by atoms with van der Waals surface area (Å²) < 4.78 is 38.1. The van der Waals surface area contributed by atoms with E-state index < -0.39 is 21.5 Å². The SMILES string of the molecule is O=C(O)c1cc(C=Nc2ccc(S(=O)(=O)NC3NC=CS3)cc2)c2c(c1)COCO2. The van der Waals surface area contributed by atoms with Gasteiger partial charge in [0.1, 0.15) is 11.2 Å². The van der Waals surface area contributed by atoms with Gasteiger partial charge in [0.05, 0.1) is 22.8 Å². The zero-order valence-corrected chi connectivity index (χ0v) is 17.1. The molecule has 2 heterocycles. The standard InChI is InChI=1S/C19H17N3O6S2/c23-18(24)12-7-13(17-14(8-12)10-27-11-28-17)9-21-15-1-3-16(4-2-15)30(25,26)22-19-20-5-6-29-19/h1-9,19-20,22H,10-11H2,(H,23,24). The summed E-state index contributed by atoms with van der Waals surface area (Å²) >= 11 is 1.32. The van der Waals surface area contributed by atoms with Crippen LogP contribution in [0.1, 0.15) is 21.5 Å². The predicted octanol–water partition coefficient (Wildman–Crippen LogP) is 2.37. The molecular formula is C19H17N3O6S2. The number of carbonyl (C=O) groups is 1. The van der Waals surface area contributed by atoms with Crippen molar-refractivity contribution in [3.63, 3.8) is 0 Å². The summed E-state index contributed by atoms with van der Waals surface area (Å²) in [5.41, 5.74) is 1.30. The van der Waals surface area contributed by atoms with Gasteiger partial charge in [0.15, 0.2) is 6.79 Å². The Kier molecular flexibility index (Phi) is 5.77. The van der Waals surface area contributed by atoms with E-state index in [0.29, 0.717) is 22.6 Å². The van der Waals surface area contributed by atoms with Gasteiger partial charge in [0, 0.05) is 23.5 Å². The first-order valence-corrected chi connectivity index (χ1v) is 11.2. The lowest BCUT2D eigenvalue weighted by Crippen LogP contribution is -2.38. The van der Waals surface area contributed by atoms with Crippen LogP contribution in [-0.4, -0.2) is 38.0 Å². The first kappa shape index (κ1) is 20.4. The molecule has 2 aliphatic rings. The van der Waals surface area contributed by atoms with Crippen molar-refractivity contribution in [3.8, 4) is 5.75 Å². The number of thioether (sulfide) groups is 1. The highest BCUT2D eigenvalue weighted by atomic mass is 32.2. The minimum atomic E-state index is -3.68. The number of ether oxygens (including phenoxy) is 2. The maximum Gasteiger partial charge on any atom is 0.335 e. The smallest absolute Gasteiger partial charge is 0.335 e.